The highest BCUT2D eigenvalue weighted by molar-refractivity contribution is 7.74. The molecule has 0 saturated heterocycles. The van der Waals surface area contributed by atoms with E-state index >= 15 is 0 Å². The summed E-state index contributed by atoms with van der Waals surface area (Å²) in [4.78, 5) is -2.91. The van der Waals surface area contributed by atoms with E-state index in [-0.39, 0.29) is 0 Å². The Kier molecular flexibility index (Phi) is 3.95. The SMILES string of the molecule is O=[SH](=O)c1cc([SH](=O)=O)c(O)c([SH](=O)=O)c1O. The van der Waals surface area contributed by atoms with Gasteiger partial charge in [-0.15, -0.1) is 0 Å². The maximum atomic E-state index is 10.7. The molecule has 2 N–H and O–H groups in total. The van der Waals surface area contributed by atoms with E-state index in [4.69, 9.17) is 0 Å². The highest BCUT2D eigenvalue weighted by Crippen LogP contribution is 2.36. The Morgan fingerprint density at radius 1 is 0.706 bits per heavy atom. The minimum absolute atomic E-state index is 0.477. The minimum atomic E-state index is -3.55. The Hall–Kier alpha value is -1.33. The average molecular weight is 302 g/mol. The van der Waals surface area contributed by atoms with Gasteiger partial charge in [-0.25, -0.2) is 25.3 Å². The van der Waals surface area contributed by atoms with E-state index in [9.17, 15) is 35.5 Å². The van der Waals surface area contributed by atoms with Gasteiger partial charge in [0.05, 0.1) is 0 Å². The molecule has 1 rings (SSSR count). The molecule has 0 radical (unpaired) electrons. The molecule has 0 atom stereocenters. The second kappa shape index (κ2) is 4.89. The predicted molar refractivity (Wildman–Crippen MR) is 55.5 cm³/mol. The van der Waals surface area contributed by atoms with Crippen LogP contribution in [-0.4, -0.2) is 35.5 Å². The Morgan fingerprint density at radius 3 is 1.29 bits per heavy atom. The third-order valence-electron chi connectivity index (χ3n) is 1.78. The fraction of sp³-hybridized carbons (Fsp3) is 0. The predicted octanol–water partition coefficient (Wildman–Crippen LogP) is -1.99. The second-order valence-electron chi connectivity index (χ2n) is 2.73. The van der Waals surface area contributed by atoms with Crippen LogP contribution in [0.25, 0.3) is 0 Å². The molecule has 17 heavy (non-hydrogen) atoms. The zero-order valence-electron chi connectivity index (χ0n) is 7.76. The molecule has 0 saturated carbocycles. The minimum Gasteiger partial charge on any atom is -0.505 e. The van der Waals surface area contributed by atoms with Crippen LogP contribution in [0.5, 0.6) is 11.5 Å². The summed E-state index contributed by atoms with van der Waals surface area (Å²) in [6.07, 6.45) is 0. The highest BCUT2D eigenvalue weighted by Gasteiger charge is 2.22. The van der Waals surface area contributed by atoms with Crippen molar-refractivity contribution in [3.05, 3.63) is 6.07 Å². The monoisotopic (exact) mass is 302 g/mol. The van der Waals surface area contributed by atoms with E-state index in [0.717, 1.165) is 0 Å². The molecule has 8 nitrogen and oxygen atoms in total. The molecule has 0 aliphatic heterocycles. The molecular formula is C6H6O8S3. The number of hydrogen-bond acceptors (Lipinski definition) is 8. The fourth-order valence-corrected chi connectivity index (χ4v) is 2.98. The third kappa shape index (κ3) is 2.50. The van der Waals surface area contributed by atoms with Crippen LogP contribution < -0.4 is 0 Å². The number of aromatic hydroxyl groups is 2. The number of hydrogen-bond donors (Lipinski definition) is 5. The van der Waals surface area contributed by atoms with Crippen LogP contribution in [0.15, 0.2) is 20.8 Å². The maximum Gasteiger partial charge on any atom is 0.175 e. The zero-order chi connectivity index (χ0) is 13.3. The van der Waals surface area contributed by atoms with Crippen LogP contribution in [0, 0.1) is 0 Å². The summed E-state index contributed by atoms with van der Waals surface area (Å²) in [5.41, 5.74) is 0. The molecule has 0 aromatic heterocycles. The molecule has 0 heterocycles. The van der Waals surface area contributed by atoms with E-state index in [2.05, 4.69) is 0 Å². The first kappa shape index (κ1) is 13.7. The third-order valence-corrected chi connectivity index (χ3v) is 4.04. The fourth-order valence-electron chi connectivity index (χ4n) is 1.07. The molecule has 0 fully saturated rings. The lowest BCUT2D eigenvalue weighted by molar-refractivity contribution is 0.405. The summed E-state index contributed by atoms with van der Waals surface area (Å²) in [5.74, 6) is -2.40. The number of phenolic OH excluding ortho intramolecular Hbond substituents is 2. The Labute approximate surface area is 100.0 Å². The standard InChI is InChI=1S/C6H6O8S3/c7-4-2(15(9)10)1-3(16(11)12)5(8)6(4)17(13)14/h1,7-8,15-17H. The van der Waals surface area contributed by atoms with Gasteiger partial charge < -0.3 is 10.2 Å². The van der Waals surface area contributed by atoms with Gasteiger partial charge in [0.2, 0.25) is 0 Å². The van der Waals surface area contributed by atoms with Crippen molar-refractivity contribution < 1.29 is 35.5 Å². The molecule has 11 heteroatoms. The van der Waals surface area contributed by atoms with Gasteiger partial charge in [0.25, 0.3) is 0 Å². The van der Waals surface area contributed by atoms with Crippen molar-refractivity contribution in [3.63, 3.8) is 0 Å². The summed E-state index contributed by atoms with van der Waals surface area (Å²) < 4.78 is 64.2. The second-order valence-corrected chi connectivity index (χ2v) is 5.69. The van der Waals surface area contributed by atoms with E-state index < -0.39 is 58.3 Å². The highest BCUT2D eigenvalue weighted by atomic mass is 32.2. The van der Waals surface area contributed by atoms with Gasteiger partial charge in [-0.2, -0.15) is 0 Å². The van der Waals surface area contributed by atoms with Crippen molar-refractivity contribution in [3.8, 4) is 11.5 Å². The van der Waals surface area contributed by atoms with Gasteiger partial charge in [0, 0.05) is 0 Å². The summed E-state index contributed by atoms with van der Waals surface area (Å²) in [7, 11) is -10.4. The van der Waals surface area contributed by atoms with E-state index in [1.807, 2.05) is 0 Å². The summed E-state index contributed by atoms with van der Waals surface area (Å²) in [6, 6.07) is 0.477. The van der Waals surface area contributed by atoms with Crippen molar-refractivity contribution in [2.75, 3.05) is 0 Å². The molecule has 1 aromatic rings. The first-order chi connectivity index (χ1) is 7.77. The lowest BCUT2D eigenvalue weighted by Crippen LogP contribution is -1.94. The molecule has 0 spiro atoms. The quantitative estimate of drug-likeness (QED) is 0.404. The molecule has 96 valence electrons. The summed E-state index contributed by atoms with van der Waals surface area (Å²) in [6.45, 7) is 0. The molecule has 1 aromatic carbocycles. The van der Waals surface area contributed by atoms with E-state index in [0.29, 0.717) is 6.07 Å². The topological polar surface area (TPSA) is 143 Å². The van der Waals surface area contributed by atoms with Crippen LogP contribution >= 0.6 is 0 Å². The smallest absolute Gasteiger partial charge is 0.175 e. The average Bonchev–Trinajstić information content (AvgIpc) is 2.15. The Morgan fingerprint density at radius 2 is 1.06 bits per heavy atom. The molecule has 0 unspecified atom stereocenters. The van der Waals surface area contributed by atoms with Crippen LogP contribution in [0.2, 0.25) is 0 Å². The molecular weight excluding hydrogens is 296 g/mol. The first-order valence-corrected chi connectivity index (χ1v) is 7.32. The van der Waals surface area contributed by atoms with Crippen molar-refractivity contribution >= 4 is 32.1 Å². The van der Waals surface area contributed by atoms with E-state index in [1.165, 1.54) is 0 Å². The van der Waals surface area contributed by atoms with Gasteiger partial charge in [-0.1, -0.05) is 0 Å². The van der Waals surface area contributed by atoms with Gasteiger partial charge in [0.1, 0.15) is 9.79 Å². The molecule has 0 aliphatic carbocycles. The zero-order valence-corrected chi connectivity index (χ0v) is 10.4. The van der Waals surface area contributed by atoms with Crippen LogP contribution in [-0.2, 0) is 32.1 Å². The van der Waals surface area contributed by atoms with Gasteiger partial charge in [-0.3, -0.25) is 0 Å². The number of thiol groups is 3. The maximum absolute atomic E-state index is 10.7. The largest absolute Gasteiger partial charge is 0.505 e. The van der Waals surface area contributed by atoms with Gasteiger partial charge >= 0.3 is 0 Å². The molecule has 0 amide bonds. The lowest BCUT2D eigenvalue weighted by Gasteiger charge is -2.05. The Balaban J connectivity index is 3.95. The molecule has 0 bridgehead atoms. The van der Waals surface area contributed by atoms with Crippen molar-refractivity contribution in [2.45, 2.75) is 14.7 Å². The van der Waals surface area contributed by atoms with Crippen molar-refractivity contribution in [1.82, 2.24) is 0 Å². The number of rotatable bonds is 3. The van der Waals surface area contributed by atoms with E-state index in [1.54, 1.807) is 0 Å². The molecule has 0 aliphatic rings. The van der Waals surface area contributed by atoms with Gasteiger partial charge in [0.15, 0.2) is 48.5 Å². The van der Waals surface area contributed by atoms with Gasteiger partial charge in [-0.05, 0) is 6.07 Å². The number of benzene rings is 1. The Bertz CT molecular complexity index is 623. The van der Waals surface area contributed by atoms with Crippen molar-refractivity contribution in [1.29, 1.82) is 0 Å². The first-order valence-electron chi connectivity index (χ1n) is 3.79. The van der Waals surface area contributed by atoms with Crippen LogP contribution in [0.1, 0.15) is 0 Å². The van der Waals surface area contributed by atoms with Crippen LogP contribution in [0.4, 0.5) is 0 Å². The normalized spacial score (nSPS) is 11.5. The summed E-state index contributed by atoms with van der Waals surface area (Å²) in [5, 5.41) is 18.6. The van der Waals surface area contributed by atoms with Crippen LogP contribution in [0.3, 0.4) is 0 Å². The summed E-state index contributed by atoms with van der Waals surface area (Å²) >= 11 is 0. The van der Waals surface area contributed by atoms with Crippen molar-refractivity contribution in [2.24, 2.45) is 0 Å². The number of phenols is 2. The lowest BCUT2D eigenvalue weighted by atomic mass is 10.3.